The van der Waals surface area contributed by atoms with Crippen LogP contribution in [-0.2, 0) is 14.8 Å². The first kappa shape index (κ1) is 28.0. The largest absolute Gasteiger partial charge is 0.471 e. The first-order valence-corrected chi connectivity index (χ1v) is 16.2. The molecule has 0 unspecified atom stereocenters. The predicted molar refractivity (Wildman–Crippen MR) is 156 cm³/mol. The lowest BCUT2D eigenvalue weighted by atomic mass is 9.82. The van der Waals surface area contributed by atoms with Crippen molar-refractivity contribution in [3.8, 4) is 5.69 Å². The maximum absolute atomic E-state index is 13.9. The minimum Gasteiger partial charge on any atom is -0.471 e. The van der Waals surface area contributed by atoms with Gasteiger partial charge in [-0.2, -0.15) is 5.10 Å². The van der Waals surface area contributed by atoms with E-state index in [1.54, 1.807) is 22.9 Å². The van der Waals surface area contributed by atoms with Crippen molar-refractivity contribution in [1.82, 2.24) is 24.4 Å². The molecule has 13 heteroatoms. The Morgan fingerprint density at radius 3 is 2.40 bits per heavy atom. The highest BCUT2D eigenvalue weighted by Crippen LogP contribution is 2.43. The summed E-state index contributed by atoms with van der Waals surface area (Å²) in [5.74, 6) is -0.984. The van der Waals surface area contributed by atoms with E-state index in [2.05, 4.69) is 14.5 Å². The van der Waals surface area contributed by atoms with Crippen LogP contribution in [0.1, 0.15) is 54.2 Å². The van der Waals surface area contributed by atoms with Gasteiger partial charge >= 0.3 is 0 Å². The first-order valence-electron chi connectivity index (χ1n) is 14.7. The third kappa shape index (κ3) is 5.41. The molecule has 3 fully saturated rings. The molecule has 3 aliphatic rings. The summed E-state index contributed by atoms with van der Waals surface area (Å²) in [4.78, 5) is 22.8. The van der Waals surface area contributed by atoms with Crippen LogP contribution in [0.2, 0.25) is 0 Å². The zero-order chi connectivity index (χ0) is 29.6. The first-order chi connectivity index (χ1) is 20.9. The van der Waals surface area contributed by atoms with Gasteiger partial charge in [0.15, 0.2) is 5.65 Å². The number of benzene rings is 1. The van der Waals surface area contributed by atoms with E-state index in [1.165, 1.54) is 24.5 Å². The molecule has 7 rings (SSSR count). The van der Waals surface area contributed by atoms with Gasteiger partial charge in [0.1, 0.15) is 22.7 Å². The number of sulfonamides is 1. The van der Waals surface area contributed by atoms with Gasteiger partial charge in [0.05, 0.1) is 41.9 Å². The molecule has 4 aromatic rings. The van der Waals surface area contributed by atoms with Crippen LogP contribution in [0.15, 0.2) is 58.2 Å². The lowest BCUT2D eigenvalue weighted by Gasteiger charge is -2.41. The van der Waals surface area contributed by atoms with Crippen molar-refractivity contribution in [2.24, 2.45) is 0 Å². The van der Waals surface area contributed by atoms with Crippen LogP contribution in [0.3, 0.4) is 0 Å². The summed E-state index contributed by atoms with van der Waals surface area (Å²) in [6.07, 6.45) is 7.29. The van der Waals surface area contributed by atoms with Crippen molar-refractivity contribution in [2.45, 2.75) is 49.0 Å². The van der Waals surface area contributed by atoms with E-state index in [0.717, 1.165) is 94.5 Å². The second-order valence-corrected chi connectivity index (χ2v) is 13.1. The maximum atomic E-state index is 13.9. The monoisotopic (exact) mass is 608 g/mol. The molecule has 0 atom stereocenters. The molecule has 1 amide bonds. The Kier molecular flexibility index (Phi) is 7.39. The van der Waals surface area contributed by atoms with Crippen molar-refractivity contribution in [2.75, 3.05) is 44.3 Å². The van der Waals surface area contributed by atoms with E-state index in [4.69, 9.17) is 19.2 Å². The number of carbonyl (C=O) groups excluding carboxylic acids is 1. The number of aromatic nitrogens is 3. The molecule has 2 saturated heterocycles. The Labute approximate surface area is 248 Å². The average molecular weight is 609 g/mol. The number of halogens is 1. The van der Waals surface area contributed by atoms with Crippen LogP contribution in [0.25, 0.3) is 16.7 Å². The SMILES string of the molecule is O=C(NS(=O)(=O)c1ccoc1)c1cc(N2CCC(N3CCOCC3)CC2)c2c(C3CCC3)nn(-c3ccc(F)cc3)c2n1. The Morgan fingerprint density at radius 1 is 1.00 bits per heavy atom. The number of hydrogen-bond donors (Lipinski definition) is 1. The lowest BCUT2D eigenvalue weighted by molar-refractivity contribution is 0.0115. The molecule has 0 radical (unpaired) electrons. The lowest BCUT2D eigenvalue weighted by Crippen LogP contribution is -2.49. The molecule has 2 aliphatic heterocycles. The number of piperidine rings is 1. The summed E-state index contributed by atoms with van der Waals surface area (Å²) in [6.45, 7) is 4.88. The van der Waals surface area contributed by atoms with Gasteiger partial charge in [-0.25, -0.2) is 27.2 Å². The number of nitrogens with zero attached hydrogens (tertiary/aromatic N) is 5. The minimum absolute atomic E-state index is 0.0479. The summed E-state index contributed by atoms with van der Waals surface area (Å²) in [5, 5.41) is 5.85. The molecule has 0 bridgehead atoms. The Morgan fingerprint density at radius 2 is 1.74 bits per heavy atom. The van der Waals surface area contributed by atoms with Gasteiger partial charge in [0.2, 0.25) is 0 Å². The van der Waals surface area contributed by atoms with Crippen LogP contribution in [0.4, 0.5) is 10.1 Å². The van der Waals surface area contributed by atoms with Gasteiger partial charge < -0.3 is 14.1 Å². The van der Waals surface area contributed by atoms with Crippen LogP contribution < -0.4 is 9.62 Å². The fourth-order valence-corrected chi connectivity index (χ4v) is 7.15. The van der Waals surface area contributed by atoms with Crippen LogP contribution in [0.5, 0.6) is 0 Å². The number of ether oxygens (including phenoxy) is 1. The number of nitrogens with one attached hydrogen (secondary N) is 1. The number of carbonyl (C=O) groups is 1. The highest BCUT2D eigenvalue weighted by Gasteiger charge is 2.33. The Balaban J connectivity index is 1.31. The molecule has 1 N–H and O–H groups in total. The van der Waals surface area contributed by atoms with Gasteiger partial charge in [-0.05, 0) is 62.1 Å². The summed E-state index contributed by atoms with van der Waals surface area (Å²) in [5.41, 5.74) is 2.71. The molecule has 43 heavy (non-hydrogen) atoms. The second-order valence-electron chi connectivity index (χ2n) is 11.4. The minimum atomic E-state index is -4.17. The fraction of sp³-hybridized carbons (Fsp3) is 0.433. The molecule has 1 aromatic carbocycles. The van der Waals surface area contributed by atoms with Crippen molar-refractivity contribution >= 4 is 32.7 Å². The Bertz CT molecular complexity index is 1720. The fourth-order valence-electron chi connectivity index (χ4n) is 6.27. The zero-order valence-corrected chi connectivity index (χ0v) is 24.4. The van der Waals surface area contributed by atoms with E-state index in [1.807, 2.05) is 0 Å². The van der Waals surface area contributed by atoms with Crippen molar-refractivity contribution in [3.63, 3.8) is 0 Å². The average Bonchev–Trinajstić information content (AvgIpc) is 3.67. The second kappa shape index (κ2) is 11.4. The van der Waals surface area contributed by atoms with Crippen molar-refractivity contribution in [1.29, 1.82) is 0 Å². The number of rotatable bonds is 7. The molecular formula is C30H33FN6O5S. The molecule has 11 nitrogen and oxygen atoms in total. The van der Waals surface area contributed by atoms with Gasteiger partial charge in [0, 0.05) is 38.1 Å². The number of fused-ring (bicyclic) bond motifs is 1. The van der Waals surface area contributed by atoms with Gasteiger partial charge in [0.25, 0.3) is 15.9 Å². The molecule has 1 aliphatic carbocycles. The summed E-state index contributed by atoms with van der Waals surface area (Å²) < 4.78 is 53.8. The van der Waals surface area contributed by atoms with Crippen LogP contribution in [-0.4, -0.2) is 79.4 Å². The predicted octanol–water partition coefficient (Wildman–Crippen LogP) is 3.84. The van der Waals surface area contributed by atoms with Crippen LogP contribution >= 0.6 is 0 Å². The molecular weight excluding hydrogens is 575 g/mol. The molecule has 3 aromatic heterocycles. The highest BCUT2D eigenvalue weighted by atomic mass is 32.2. The number of pyridine rings is 1. The summed E-state index contributed by atoms with van der Waals surface area (Å²) in [6, 6.07) is 9.37. The molecule has 0 spiro atoms. The number of morpholine rings is 1. The maximum Gasteiger partial charge on any atom is 0.283 e. The number of anilines is 1. The highest BCUT2D eigenvalue weighted by molar-refractivity contribution is 7.90. The van der Waals surface area contributed by atoms with Crippen LogP contribution in [0, 0.1) is 5.82 Å². The molecule has 1 saturated carbocycles. The van der Waals surface area contributed by atoms with E-state index in [9.17, 15) is 17.6 Å². The standard InChI is InChI=1S/C30H33FN6O5S/c31-21-4-6-23(7-5-21)37-29-27(28(33-37)20-2-1-3-20)26(36-11-8-22(9-12-36)35-13-16-41-17-14-35)18-25(32-29)30(38)34-43(39,40)24-10-15-42-19-24/h4-7,10,15,18-20,22H,1-3,8-9,11-14,16-17H2,(H,34,38). The van der Waals surface area contributed by atoms with Gasteiger partial charge in [-0.3, -0.25) is 9.69 Å². The van der Waals surface area contributed by atoms with Gasteiger partial charge in [-0.1, -0.05) is 6.42 Å². The topological polar surface area (TPSA) is 123 Å². The van der Waals surface area contributed by atoms with E-state index >= 15 is 0 Å². The van der Waals surface area contributed by atoms with E-state index in [0.29, 0.717) is 17.4 Å². The zero-order valence-electron chi connectivity index (χ0n) is 23.6. The Hall–Kier alpha value is -3.81. The quantitative estimate of drug-likeness (QED) is 0.333. The summed E-state index contributed by atoms with van der Waals surface area (Å²) in [7, 11) is -4.17. The van der Waals surface area contributed by atoms with Crippen molar-refractivity contribution in [3.05, 3.63) is 66.1 Å². The van der Waals surface area contributed by atoms with E-state index < -0.39 is 15.9 Å². The normalized spacial score (nSPS) is 19.0. The summed E-state index contributed by atoms with van der Waals surface area (Å²) >= 11 is 0. The number of amides is 1. The molecule has 5 heterocycles. The molecule has 226 valence electrons. The number of furan rings is 1. The third-order valence-electron chi connectivity index (χ3n) is 8.84. The smallest absolute Gasteiger partial charge is 0.283 e. The third-order valence-corrected chi connectivity index (χ3v) is 10.1. The van der Waals surface area contributed by atoms with E-state index in [-0.39, 0.29) is 22.3 Å². The van der Waals surface area contributed by atoms with Gasteiger partial charge in [-0.15, -0.1) is 0 Å². The number of hydrogen-bond acceptors (Lipinski definition) is 9. The van der Waals surface area contributed by atoms with Crippen molar-refractivity contribution < 1.29 is 26.8 Å².